The average Bonchev–Trinajstić information content (AvgIpc) is 2.74. The van der Waals surface area contributed by atoms with Crippen molar-refractivity contribution in [1.29, 1.82) is 0 Å². The molecule has 2 heterocycles. The van der Waals surface area contributed by atoms with Gasteiger partial charge in [-0.3, -0.25) is 9.36 Å². The van der Waals surface area contributed by atoms with Crippen molar-refractivity contribution in [3.63, 3.8) is 0 Å². The van der Waals surface area contributed by atoms with Crippen LogP contribution in [0.4, 0.5) is 5.69 Å². The van der Waals surface area contributed by atoms with Gasteiger partial charge in [-0.05, 0) is 13.0 Å². The number of hydrogen-bond donors (Lipinski definition) is 1. The van der Waals surface area contributed by atoms with Crippen molar-refractivity contribution < 1.29 is 0 Å². The topological polar surface area (TPSA) is 47.7 Å². The van der Waals surface area contributed by atoms with Gasteiger partial charge in [-0.1, -0.05) is 0 Å². The lowest BCUT2D eigenvalue weighted by Gasteiger charge is -2.05. The molecule has 0 aromatic carbocycles. The van der Waals surface area contributed by atoms with E-state index in [1.54, 1.807) is 6.20 Å². The van der Waals surface area contributed by atoms with Gasteiger partial charge in [-0.2, -0.15) is 10.2 Å². The van der Waals surface area contributed by atoms with Crippen molar-refractivity contribution in [3.8, 4) is 0 Å². The Morgan fingerprint density at radius 2 is 2.00 bits per heavy atom. The average molecular weight is 242 g/mol. The molecule has 0 aliphatic carbocycles. The molecule has 0 atom stereocenters. The van der Waals surface area contributed by atoms with Gasteiger partial charge in [-0.15, -0.1) is 12.4 Å². The monoisotopic (exact) mass is 241 g/mol. The SMILES string of the molecule is Cc1c(NCc2ccnn2C)cnn1C.Cl. The van der Waals surface area contributed by atoms with Crippen LogP contribution >= 0.6 is 12.4 Å². The molecular formula is C10H16ClN5. The smallest absolute Gasteiger partial charge is 0.0759 e. The third-order valence-electron chi connectivity index (χ3n) is 2.62. The molecule has 0 bridgehead atoms. The maximum atomic E-state index is 4.17. The Hall–Kier alpha value is -1.49. The van der Waals surface area contributed by atoms with Crippen LogP contribution in [0, 0.1) is 6.92 Å². The van der Waals surface area contributed by atoms with Crippen LogP contribution in [0.3, 0.4) is 0 Å². The summed E-state index contributed by atoms with van der Waals surface area (Å²) in [5.41, 5.74) is 3.36. The van der Waals surface area contributed by atoms with Crippen LogP contribution in [-0.4, -0.2) is 19.6 Å². The van der Waals surface area contributed by atoms with Crippen molar-refractivity contribution in [2.45, 2.75) is 13.5 Å². The summed E-state index contributed by atoms with van der Waals surface area (Å²) in [6.45, 7) is 2.81. The molecule has 88 valence electrons. The maximum absolute atomic E-state index is 4.17. The van der Waals surface area contributed by atoms with E-state index in [9.17, 15) is 0 Å². The first kappa shape index (κ1) is 12.6. The third-order valence-corrected chi connectivity index (χ3v) is 2.62. The molecule has 0 amide bonds. The Morgan fingerprint density at radius 1 is 1.25 bits per heavy atom. The Morgan fingerprint density at radius 3 is 2.50 bits per heavy atom. The molecule has 5 nitrogen and oxygen atoms in total. The minimum atomic E-state index is 0. The summed E-state index contributed by atoms with van der Waals surface area (Å²) in [5.74, 6) is 0. The molecule has 6 heteroatoms. The van der Waals surface area contributed by atoms with E-state index in [4.69, 9.17) is 0 Å². The van der Waals surface area contributed by atoms with Gasteiger partial charge in [0.05, 0.1) is 29.8 Å². The van der Waals surface area contributed by atoms with E-state index >= 15 is 0 Å². The highest BCUT2D eigenvalue weighted by Crippen LogP contribution is 2.13. The van der Waals surface area contributed by atoms with Gasteiger partial charge in [0.15, 0.2) is 0 Å². The van der Waals surface area contributed by atoms with Crippen LogP contribution < -0.4 is 5.32 Å². The lowest BCUT2D eigenvalue weighted by molar-refractivity contribution is 0.719. The molecule has 0 aliphatic rings. The molecule has 2 aromatic rings. The van der Waals surface area contributed by atoms with E-state index in [-0.39, 0.29) is 12.4 Å². The summed E-state index contributed by atoms with van der Waals surface area (Å²) in [7, 11) is 3.87. The van der Waals surface area contributed by atoms with Crippen LogP contribution in [0.25, 0.3) is 0 Å². The highest BCUT2D eigenvalue weighted by molar-refractivity contribution is 5.85. The van der Waals surface area contributed by atoms with E-state index in [0.717, 1.165) is 23.6 Å². The summed E-state index contributed by atoms with van der Waals surface area (Å²) in [4.78, 5) is 0. The predicted molar refractivity (Wildman–Crippen MR) is 65.7 cm³/mol. The van der Waals surface area contributed by atoms with E-state index < -0.39 is 0 Å². The second kappa shape index (κ2) is 5.03. The molecule has 0 radical (unpaired) electrons. The zero-order chi connectivity index (χ0) is 10.8. The highest BCUT2D eigenvalue weighted by Gasteiger charge is 2.03. The number of aromatic nitrogens is 4. The lowest BCUT2D eigenvalue weighted by atomic mass is 10.3. The van der Waals surface area contributed by atoms with Crippen molar-refractivity contribution >= 4 is 18.1 Å². The minimum absolute atomic E-state index is 0. The van der Waals surface area contributed by atoms with Crippen molar-refractivity contribution in [2.24, 2.45) is 14.1 Å². The molecule has 2 aromatic heterocycles. The zero-order valence-corrected chi connectivity index (χ0v) is 10.5. The molecular weight excluding hydrogens is 226 g/mol. The van der Waals surface area contributed by atoms with Crippen LogP contribution in [0.1, 0.15) is 11.4 Å². The largest absolute Gasteiger partial charge is 0.377 e. The van der Waals surface area contributed by atoms with Gasteiger partial charge < -0.3 is 5.32 Å². The summed E-state index contributed by atoms with van der Waals surface area (Å²) >= 11 is 0. The van der Waals surface area contributed by atoms with E-state index in [1.807, 2.05) is 42.6 Å². The number of nitrogens with one attached hydrogen (secondary N) is 1. The van der Waals surface area contributed by atoms with Gasteiger partial charge in [0.25, 0.3) is 0 Å². The fourth-order valence-electron chi connectivity index (χ4n) is 1.43. The van der Waals surface area contributed by atoms with Gasteiger partial charge >= 0.3 is 0 Å². The second-order valence-corrected chi connectivity index (χ2v) is 3.57. The molecule has 0 aliphatic heterocycles. The van der Waals surface area contributed by atoms with E-state index in [1.165, 1.54) is 0 Å². The highest BCUT2D eigenvalue weighted by atomic mass is 35.5. The zero-order valence-electron chi connectivity index (χ0n) is 9.64. The van der Waals surface area contributed by atoms with E-state index in [0.29, 0.717) is 0 Å². The van der Waals surface area contributed by atoms with Gasteiger partial charge in [0.1, 0.15) is 0 Å². The summed E-state index contributed by atoms with van der Waals surface area (Å²) in [6, 6.07) is 2.00. The number of hydrogen-bond acceptors (Lipinski definition) is 3. The van der Waals surface area contributed by atoms with Gasteiger partial charge in [-0.25, -0.2) is 0 Å². The summed E-state index contributed by atoms with van der Waals surface area (Å²) in [6.07, 6.45) is 3.64. The fraction of sp³-hybridized carbons (Fsp3) is 0.400. The molecule has 16 heavy (non-hydrogen) atoms. The first-order valence-electron chi connectivity index (χ1n) is 4.88. The quantitative estimate of drug-likeness (QED) is 0.886. The van der Waals surface area contributed by atoms with Crippen LogP contribution in [0.15, 0.2) is 18.5 Å². The van der Waals surface area contributed by atoms with Crippen LogP contribution in [0.2, 0.25) is 0 Å². The lowest BCUT2D eigenvalue weighted by Crippen LogP contribution is -2.06. The normalized spacial score (nSPS) is 9.94. The minimum Gasteiger partial charge on any atom is -0.377 e. The summed E-state index contributed by atoms with van der Waals surface area (Å²) in [5, 5.41) is 11.6. The van der Waals surface area contributed by atoms with Gasteiger partial charge in [0.2, 0.25) is 0 Å². The van der Waals surface area contributed by atoms with Crippen molar-refractivity contribution in [3.05, 3.63) is 29.8 Å². The molecule has 0 spiro atoms. The molecule has 0 fully saturated rings. The first-order chi connectivity index (χ1) is 7.18. The van der Waals surface area contributed by atoms with Crippen LogP contribution in [-0.2, 0) is 20.6 Å². The van der Waals surface area contributed by atoms with Crippen molar-refractivity contribution in [1.82, 2.24) is 19.6 Å². The number of anilines is 1. The Balaban J connectivity index is 0.00000128. The predicted octanol–water partition coefficient (Wildman–Crippen LogP) is 1.50. The Kier molecular flexibility index (Phi) is 3.95. The maximum Gasteiger partial charge on any atom is 0.0759 e. The van der Waals surface area contributed by atoms with Gasteiger partial charge in [0, 0.05) is 20.3 Å². The van der Waals surface area contributed by atoms with E-state index in [2.05, 4.69) is 15.5 Å². The number of aryl methyl sites for hydroxylation is 2. The molecule has 0 unspecified atom stereocenters. The van der Waals surface area contributed by atoms with Crippen molar-refractivity contribution in [2.75, 3.05) is 5.32 Å². The fourth-order valence-corrected chi connectivity index (χ4v) is 1.43. The Labute approximate surface area is 101 Å². The first-order valence-corrected chi connectivity index (χ1v) is 4.88. The summed E-state index contributed by atoms with van der Waals surface area (Å²) < 4.78 is 3.71. The Bertz CT molecular complexity index is 459. The standard InChI is InChI=1S/C10H15N5.ClH/c1-8-10(7-13-14(8)2)11-6-9-4-5-12-15(9)3;/h4-5,7,11H,6H2,1-3H3;1H. The molecule has 1 N–H and O–H groups in total. The molecule has 0 saturated heterocycles. The molecule has 2 rings (SSSR count). The number of rotatable bonds is 3. The molecule has 0 saturated carbocycles. The number of halogens is 1. The van der Waals surface area contributed by atoms with Crippen LogP contribution in [0.5, 0.6) is 0 Å². The second-order valence-electron chi connectivity index (χ2n) is 3.57. The number of nitrogens with zero attached hydrogens (tertiary/aromatic N) is 4. The third kappa shape index (κ3) is 2.36.